The first kappa shape index (κ1) is 24.2. The van der Waals surface area contributed by atoms with E-state index in [1.54, 1.807) is 6.20 Å². The van der Waals surface area contributed by atoms with Crippen molar-refractivity contribution in [3.63, 3.8) is 0 Å². The Labute approximate surface area is 223 Å². The molecule has 0 radical (unpaired) electrons. The molecular weight excluding hydrogens is 482 g/mol. The van der Waals surface area contributed by atoms with Gasteiger partial charge in [0.15, 0.2) is 0 Å². The van der Waals surface area contributed by atoms with Gasteiger partial charge < -0.3 is 15.0 Å². The minimum absolute atomic E-state index is 0.0485. The number of fused-ring (bicyclic) bond motifs is 1. The summed E-state index contributed by atoms with van der Waals surface area (Å²) in [5, 5.41) is 13.8. The number of piperidine rings is 1. The lowest BCUT2D eigenvalue weighted by Gasteiger charge is -2.32. The number of hydrogen-bond acceptors (Lipinski definition) is 6. The van der Waals surface area contributed by atoms with Crippen molar-refractivity contribution < 1.29 is 4.74 Å². The quantitative estimate of drug-likeness (QED) is 0.398. The number of ether oxygens (including phenoxy) is 1. The average Bonchev–Trinajstić information content (AvgIpc) is 3.70. The number of nitrogens with one attached hydrogen (secondary N) is 1. The fourth-order valence-electron chi connectivity index (χ4n) is 5.75. The molecule has 6 nitrogen and oxygen atoms in total. The number of hydrogen-bond donors (Lipinski definition) is 1. The van der Waals surface area contributed by atoms with Crippen LogP contribution in [0, 0.1) is 11.3 Å². The lowest BCUT2D eigenvalue weighted by atomic mass is 9.84. The summed E-state index contributed by atoms with van der Waals surface area (Å²) in [6.07, 6.45) is 8.67. The number of likely N-dealkylation sites (tertiary alicyclic amines) is 1. The van der Waals surface area contributed by atoms with Crippen molar-refractivity contribution in [2.45, 2.75) is 69.9 Å². The van der Waals surface area contributed by atoms with Gasteiger partial charge in [-0.25, -0.2) is 9.97 Å². The highest BCUT2D eigenvalue weighted by molar-refractivity contribution is 6.31. The van der Waals surface area contributed by atoms with Gasteiger partial charge in [0.2, 0.25) is 5.95 Å². The second-order valence-electron chi connectivity index (χ2n) is 11.2. The fraction of sp³-hybridized carbons (Fsp3) is 0.433. The maximum Gasteiger partial charge on any atom is 0.227 e. The molecule has 2 aliphatic carbocycles. The Kier molecular flexibility index (Phi) is 6.30. The van der Waals surface area contributed by atoms with Gasteiger partial charge in [-0.1, -0.05) is 25.4 Å². The highest BCUT2D eigenvalue weighted by atomic mass is 35.5. The molecule has 7 heteroatoms. The van der Waals surface area contributed by atoms with E-state index in [0.29, 0.717) is 11.0 Å². The van der Waals surface area contributed by atoms with Crippen LogP contribution in [-0.2, 0) is 11.8 Å². The number of anilines is 2. The molecule has 37 heavy (non-hydrogen) atoms. The molecular formula is C30H32ClN5O. The topological polar surface area (TPSA) is 74.1 Å². The maximum atomic E-state index is 9.80. The molecule has 1 aromatic heterocycles. The zero-order chi connectivity index (χ0) is 25.6. The second kappa shape index (κ2) is 9.63. The van der Waals surface area contributed by atoms with Crippen molar-refractivity contribution in [3.8, 4) is 23.1 Å². The monoisotopic (exact) mass is 513 g/mol. The smallest absolute Gasteiger partial charge is 0.227 e. The van der Waals surface area contributed by atoms with Crippen molar-refractivity contribution in [1.29, 1.82) is 5.26 Å². The summed E-state index contributed by atoms with van der Waals surface area (Å²) in [5.41, 5.74) is 5.66. The number of rotatable bonds is 6. The summed E-state index contributed by atoms with van der Waals surface area (Å²) in [4.78, 5) is 11.9. The van der Waals surface area contributed by atoms with Crippen molar-refractivity contribution in [2.75, 3.05) is 18.4 Å². The van der Waals surface area contributed by atoms with Crippen LogP contribution in [0.4, 0.5) is 11.6 Å². The molecule has 1 saturated carbocycles. The normalized spacial score (nSPS) is 19.3. The summed E-state index contributed by atoms with van der Waals surface area (Å²) in [6.45, 7) is 6.68. The van der Waals surface area contributed by atoms with Crippen LogP contribution in [0.5, 0.6) is 5.75 Å². The second-order valence-corrected chi connectivity index (χ2v) is 11.6. The standard InChI is InChI=1S/C30H32ClN5O/c1-30(2)11-7-24-20(18-32)15-19(16-25(24)30)26-8-12-33-29(34-26)35-27-17-21(31)3-6-28(27)37-23-9-13-36(14-10-23)22-4-5-22/h3,6,8,12,15-17,22-23H,4-5,7,9-11,13-14H2,1-2H3,(H,33,34,35). The van der Waals surface area contributed by atoms with Crippen LogP contribution in [0.3, 0.4) is 0 Å². The summed E-state index contributed by atoms with van der Waals surface area (Å²) < 4.78 is 6.44. The summed E-state index contributed by atoms with van der Waals surface area (Å²) in [5.74, 6) is 1.22. The van der Waals surface area contributed by atoms with Gasteiger partial charge in [-0.15, -0.1) is 0 Å². The van der Waals surface area contributed by atoms with Gasteiger partial charge in [0.05, 0.1) is 23.0 Å². The SMILES string of the molecule is CC1(C)CCc2c(C#N)cc(-c3ccnc(Nc4cc(Cl)ccc4OC4CCN(C5CC5)CC4)n3)cc21. The fourth-order valence-corrected chi connectivity index (χ4v) is 5.92. The number of nitriles is 1. The first-order valence-corrected chi connectivity index (χ1v) is 13.7. The number of aromatic nitrogens is 2. The zero-order valence-corrected chi connectivity index (χ0v) is 22.2. The third-order valence-electron chi connectivity index (χ3n) is 8.07. The lowest BCUT2D eigenvalue weighted by Crippen LogP contribution is -2.39. The Hall–Kier alpha value is -3.14. The molecule has 0 amide bonds. The number of benzene rings is 2. The first-order chi connectivity index (χ1) is 17.9. The van der Waals surface area contributed by atoms with Gasteiger partial charge in [-0.05, 0) is 91.5 Å². The van der Waals surface area contributed by atoms with Crippen molar-refractivity contribution in [2.24, 2.45) is 0 Å². The molecule has 1 aliphatic heterocycles. The van der Waals surface area contributed by atoms with Crippen LogP contribution in [0.15, 0.2) is 42.6 Å². The van der Waals surface area contributed by atoms with Crippen LogP contribution >= 0.6 is 11.6 Å². The zero-order valence-electron chi connectivity index (χ0n) is 21.4. The van der Waals surface area contributed by atoms with Crippen molar-refractivity contribution in [1.82, 2.24) is 14.9 Å². The van der Waals surface area contributed by atoms with Gasteiger partial charge >= 0.3 is 0 Å². The molecule has 3 aliphatic rings. The van der Waals surface area contributed by atoms with Crippen LogP contribution in [0.2, 0.25) is 5.02 Å². The first-order valence-electron chi connectivity index (χ1n) is 13.3. The van der Waals surface area contributed by atoms with Crippen LogP contribution in [-0.4, -0.2) is 40.1 Å². The molecule has 1 N–H and O–H groups in total. The van der Waals surface area contributed by atoms with E-state index in [1.807, 2.05) is 30.3 Å². The Morgan fingerprint density at radius 1 is 1.11 bits per heavy atom. The Bertz CT molecular complexity index is 1370. The average molecular weight is 514 g/mol. The minimum atomic E-state index is 0.0485. The van der Waals surface area contributed by atoms with E-state index < -0.39 is 0 Å². The number of halogens is 1. The predicted octanol–water partition coefficient (Wildman–Crippen LogP) is 6.64. The Balaban J connectivity index is 1.24. The summed E-state index contributed by atoms with van der Waals surface area (Å²) in [6, 6.07) is 14.9. The van der Waals surface area contributed by atoms with Gasteiger partial charge in [0.1, 0.15) is 11.9 Å². The third kappa shape index (κ3) is 5.03. The molecule has 6 rings (SSSR count). The molecule has 190 valence electrons. The van der Waals surface area contributed by atoms with Gasteiger partial charge in [-0.2, -0.15) is 5.26 Å². The summed E-state index contributed by atoms with van der Waals surface area (Å²) >= 11 is 6.35. The van der Waals surface area contributed by atoms with Gasteiger partial charge in [0, 0.05) is 35.9 Å². The Morgan fingerprint density at radius 3 is 2.68 bits per heavy atom. The van der Waals surface area contributed by atoms with Crippen LogP contribution < -0.4 is 10.1 Å². The predicted molar refractivity (Wildman–Crippen MR) is 147 cm³/mol. The van der Waals surface area contributed by atoms with Gasteiger partial charge in [-0.3, -0.25) is 0 Å². The number of nitrogens with zero attached hydrogens (tertiary/aromatic N) is 4. The molecule has 2 heterocycles. The minimum Gasteiger partial charge on any atom is -0.488 e. The van der Waals surface area contributed by atoms with Gasteiger partial charge in [0.25, 0.3) is 0 Å². The molecule has 0 spiro atoms. The van der Waals surface area contributed by atoms with E-state index in [2.05, 4.69) is 41.2 Å². The Morgan fingerprint density at radius 2 is 1.92 bits per heavy atom. The lowest BCUT2D eigenvalue weighted by molar-refractivity contribution is 0.0971. The van der Waals surface area contributed by atoms with E-state index in [4.69, 9.17) is 21.3 Å². The van der Waals surface area contributed by atoms with Crippen LogP contribution in [0.1, 0.15) is 62.6 Å². The van der Waals surface area contributed by atoms with E-state index in [9.17, 15) is 5.26 Å². The molecule has 2 fully saturated rings. The van der Waals surface area contributed by atoms with E-state index >= 15 is 0 Å². The van der Waals surface area contributed by atoms with E-state index in [-0.39, 0.29) is 11.5 Å². The van der Waals surface area contributed by atoms with Crippen molar-refractivity contribution >= 4 is 23.2 Å². The maximum absolute atomic E-state index is 9.80. The highest BCUT2D eigenvalue weighted by Crippen LogP contribution is 2.42. The van der Waals surface area contributed by atoms with E-state index in [1.165, 1.54) is 24.0 Å². The molecule has 1 saturated heterocycles. The molecule has 0 bridgehead atoms. The third-order valence-corrected chi connectivity index (χ3v) is 8.31. The van der Waals surface area contributed by atoms with E-state index in [0.717, 1.165) is 73.1 Å². The molecule has 0 atom stereocenters. The molecule has 3 aromatic rings. The molecule has 2 aromatic carbocycles. The largest absolute Gasteiger partial charge is 0.488 e. The van der Waals surface area contributed by atoms with Crippen LogP contribution in [0.25, 0.3) is 11.3 Å². The highest BCUT2D eigenvalue weighted by Gasteiger charge is 2.33. The summed E-state index contributed by atoms with van der Waals surface area (Å²) in [7, 11) is 0. The van der Waals surface area contributed by atoms with Crippen molar-refractivity contribution in [3.05, 3.63) is 64.3 Å². The molecule has 0 unspecified atom stereocenters.